The Morgan fingerprint density at radius 1 is 1.25 bits per heavy atom. The van der Waals surface area contributed by atoms with Gasteiger partial charge >= 0.3 is 0 Å². The number of nitrogens with zero attached hydrogens (tertiary/aromatic N) is 2. The van der Waals surface area contributed by atoms with E-state index in [4.69, 9.17) is 0 Å². The molecule has 0 unspecified atom stereocenters. The Bertz CT molecular complexity index is 627. The van der Waals surface area contributed by atoms with Gasteiger partial charge in [0.25, 0.3) is 0 Å². The molecule has 0 bridgehead atoms. The summed E-state index contributed by atoms with van der Waals surface area (Å²) in [5.41, 5.74) is 2.50. The molecule has 0 aliphatic carbocycles. The number of rotatable bonds is 4. The number of nitrogens with one attached hydrogen (secondary N) is 1. The van der Waals surface area contributed by atoms with Crippen molar-refractivity contribution in [3.05, 3.63) is 47.5 Å². The van der Waals surface area contributed by atoms with Crippen LogP contribution in [-0.2, 0) is 16.1 Å². The molecule has 24 heavy (non-hydrogen) atoms. The van der Waals surface area contributed by atoms with Crippen LogP contribution in [0.1, 0.15) is 25.3 Å². The van der Waals surface area contributed by atoms with Gasteiger partial charge in [-0.25, -0.2) is 0 Å². The first kappa shape index (κ1) is 16.7. The molecule has 0 radical (unpaired) electrons. The van der Waals surface area contributed by atoms with Crippen molar-refractivity contribution >= 4 is 11.8 Å². The third-order valence-corrected chi connectivity index (χ3v) is 4.83. The lowest BCUT2D eigenvalue weighted by Gasteiger charge is -2.36. The van der Waals surface area contributed by atoms with E-state index in [-0.39, 0.29) is 24.3 Å². The number of carbonyl (C=O) groups is 2. The molecule has 1 atom stereocenters. The summed E-state index contributed by atoms with van der Waals surface area (Å²) < 4.78 is 0. The maximum Gasteiger partial charge on any atom is 0.237 e. The van der Waals surface area contributed by atoms with Gasteiger partial charge in [-0.2, -0.15) is 0 Å². The lowest BCUT2D eigenvalue weighted by Crippen LogP contribution is -2.56. The molecule has 2 aliphatic heterocycles. The number of piperazine rings is 1. The molecule has 3 rings (SSSR count). The third-order valence-electron chi connectivity index (χ3n) is 4.83. The van der Waals surface area contributed by atoms with Gasteiger partial charge in [0.05, 0.1) is 12.5 Å². The maximum atomic E-state index is 12.6. The number of benzene rings is 1. The zero-order valence-corrected chi connectivity index (χ0v) is 14.2. The molecule has 2 heterocycles. The summed E-state index contributed by atoms with van der Waals surface area (Å²) in [6.07, 6.45) is 3.28. The van der Waals surface area contributed by atoms with Gasteiger partial charge in [0.2, 0.25) is 11.8 Å². The number of hydrogen-bond acceptors (Lipinski definition) is 3. The second-order valence-corrected chi connectivity index (χ2v) is 6.61. The smallest absolute Gasteiger partial charge is 0.237 e. The fourth-order valence-corrected chi connectivity index (χ4v) is 3.28. The molecule has 5 nitrogen and oxygen atoms in total. The first-order chi connectivity index (χ1) is 11.6. The van der Waals surface area contributed by atoms with E-state index >= 15 is 0 Å². The van der Waals surface area contributed by atoms with Crippen LogP contribution >= 0.6 is 0 Å². The standard InChI is InChI=1S/C19H25N3O2/c1-15-7-10-21(11-8-15)18(23)13-17-19(24)20-9-12-22(17)14-16-5-3-2-4-6-16/h2-7,17H,8-14H2,1H3,(H,20,24)/t17-/m0/s1. The minimum absolute atomic E-state index is 0.0331. The highest BCUT2D eigenvalue weighted by Crippen LogP contribution is 2.17. The van der Waals surface area contributed by atoms with Crippen LogP contribution in [0.3, 0.4) is 0 Å². The normalized spacial score (nSPS) is 22.0. The molecule has 1 saturated heterocycles. The van der Waals surface area contributed by atoms with Gasteiger partial charge in [0.1, 0.15) is 0 Å². The van der Waals surface area contributed by atoms with E-state index in [1.807, 2.05) is 23.1 Å². The van der Waals surface area contributed by atoms with E-state index in [0.717, 1.165) is 19.5 Å². The van der Waals surface area contributed by atoms with Gasteiger partial charge in [-0.05, 0) is 18.9 Å². The van der Waals surface area contributed by atoms with Crippen LogP contribution in [0.2, 0.25) is 0 Å². The van der Waals surface area contributed by atoms with Crippen molar-refractivity contribution < 1.29 is 9.59 Å². The average molecular weight is 327 g/mol. The molecule has 128 valence electrons. The highest BCUT2D eigenvalue weighted by atomic mass is 16.2. The first-order valence-electron chi connectivity index (χ1n) is 8.62. The molecule has 5 heteroatoms. The molecule has 1 aromatic carbocycles. The fraction of sp³-hybridized carbons (Fsp3) is 0.474. The van der Waals surface area contributed by atoms with E-state index in [1.54, 1.807) is 0 Å². The van der Waals surface area contributed by atoms with E-state index in [0.29, 0.717) is 19.6 Å². The molecule has 1 N–H and O–H groups in total. The molecule has 1 fully saturated rings. The third kappa shape index (κ3) is 4.03. The lowest BCUT2D eigenvalue weighted by atomic mass is 10.0. The molecule has 0 aromatic heterocycles. The van der Waals surface area contributed by atoms with Crippen molar-refractivity contribution in [2.24, 2.45) is 0 Å². The second kappa shape index (κ2) is 7.62. The minimum atomic E-state index is -0.376. The summed E-state index contributed by atoms with van der Waals surface area (Å²) in [6, 6.07) is 9.73. The summed E-state index contributed by atoms with van der Waals surface area (Å²) in [7, 11) is 0. The fourth-order valence-electron chi connectivity index (χ4n) is 3.28. The van der Waals surface area contributed by atoms with E-state index in [1.165, 1.54) is 11.1 Å². The zero-order valence-electron chi connectivity index (χ0n) is 14.2. The molecule has 2 amide bonds. The Morgan fingerprint density at radius 2 is 2.04 bits per heavy atom. The Labute approximate surface area is 143 Å². The Morgan fingerprint density at radius 3 is 2.75 bits per heavy atom. The number of amides is 2. The van der Waals surface area contributed by atoms with Gasteiger partial charge in [-0.1, -0.05) is 42.0 Å². The zero-order chi connectivity index (χ0) is 16.9. The Kier molecular flexibility index (Phi) is 5.30. The monoisotopic (exact) mass is 327 g/mol. The molecular weight excluding hydrogens is 302 g/mol. The Balaban J connectivity index is 1.66. The lowest BCUT2D eigenvalue weighted by molar-refractivity contribution is -0.138. The van der Waals surface area contributed by atoms with Gasteiger partial charge in [-0.3, -0.25) is 14.5 Å². The van der Waals surface area contributed by atoms with Gasteiger partial charge in [0.15, 0.2) is 0 Å². The Hall–Kier alpha value is -2.14. The van der Waals surface area contributed by atoms with E-state index < -0.39 is 0 Å². The summed E-state index contributed by atoms with van der Waals surface area (Å²) in [5.74, 6) is 0.0353. The molecule has 0 saturated carbocycles. The van der Waals surface area contributed by atoms with Crippen molar-refractivity contribution in [2.45, 2.75) is 32.4 Å². The summed E-state index contributed by atoms with van der Waals surface area (Å²) in [6.45, 7) is 5.63. The largest absolute Gasteiger partial charge is 0.353 e. The average Bonchev–Trinajstić information content (AvgIpc) is 2.59. The molecule has 0 spiro atoms. The van der Waals surface area contributed by atoms with Crippen LogP contribution in [-0.4, -0.2) is 53.8 Å². The highest BCUT2D eigenvalue weighted by molar-refractivity contribution is 5.89. The summed E-state index contributed by atoms with van der Waals surface area (Å²) in [4.78, 5) is 28.9. The van der Waals surface area contributed by atoms with Crippen LogP contribution in [0.25, 0.3) is 0 Å². The SMILES string of the molecule is CC1=CCN(C(=O)C[C@H]2C(=O)NCCN2Cc2ccccc2)CC1. The predicted molar refractivity (Wildman–Crippen MR) is 93.2 cm³/mol. The predicted octanol–water partition coefficient (Wildman–Crippen LogP) is 1.56. The van der Waals surface area contributed by atoms with Crippen LogP contribution < -0.4 is 5.32 Å². The molecular formula is C19H25N3O2. The summed E-state index contributed by atoms with van der Waals surface area (Å²) >= 11 is 0. The minimum Gasteiger partial charge on any atom is -0.353 e. The number of hydrogen-bond donors (Lipinski definition) is 1. The van der Waals surface area contributed by atoms with Crippen molar-refractivity contribution in [1.29, 1.82) is 0 Å². The second-order valence-electron chi connectivity index (χ2n) is 6.61. The molecule has 1 aromatic rings. The van der Waals surface area contributed by atoms with Crippen LogP contribution in [0.15, 0.2) is 42.0 Å². The van der Waals surface area contributed by atoms with Crippen molar-refractivity contribution in [2.75, 3.05) is 26.2 Å². The van der Waals surface area contributed by atoms with Crippen LogP contribution in [0, 0.1) is 0 Å². The van der Waals surface area contributed by atoms with Gasteiger partial charge in [-0.15, -0.1) is 0 Å². The van der Waals surface area contributed by atoms with Gasteiger partial charge < -0.3 is 10.2 Å². The van der Waals surface area contributed by atoms with Crippen LogP contribution in [0.4, 0.5) is 0 Å². The van der Waals surface area contributed by atoms with Crippen molar-refractivity contribution in [3.8, 4) is 0 Å². The van der Waals surface area contributed by atoms with E-state index in [9.17, 15) is 9.59 Å². The molecule has 2 aliphatic rings. The summed E-state index contributed by atoms with van der Waals surface area (Å²) in [5, 5.41) is 2.90. The van der Waals surface area contributed by atoms with E-state index in [2.05, 4.69) is 35.3 Å². The van der Waals surface area contributed by atoms with Crippen molar-refractivity contribution in [1.82, 2.24) is 15.1 Å². The number of carbonyl (C=O) groups excluding carboxylic acids is 2. The quantitative estimate of drug-likeness (QED) is 0.854. The highest BCUT2D eigenvalue weighted by Gasteiger charge is 2.33. The van der Waals surface area contributed by atoms with Crippen molar-refractivity contribution in [3.63, 3.8) is 0 Å². The maximum absolute atomic E-state index is 12.6. The van der Waals surface area contributed by atoms with Crippen LogP contribution in [0.5, 0.6) is 0 Å². The topological polar surface area (TPSA) is 52.7 Å². The first-order valence-corrected chi connectivity index (χ1v) is 8.62. The van der Waals surface area contributed by atoms with Gasteiger partial charge in [0, 0.05) is 32.7 Å².